The first-order valence-electron chi connectivity index (χ1n) is 9.40. The molecule has 0 unspecified atom stereocenters. The van der Waals surface area contributed by atoms with Gasteiger partial charge < -0.3 is 9.47 Å². The Labute approximate surface area is 162 Å². The van der Waals surface area contributed by atoms with Gasteiger partial charge in [-0.2, -0.15) is 0 Å². The van der Waals surface area contributed by atoms with Crippen molar-refractivity contribution < 1.29 is 17.9 Å². The van der Waals surface area contributed by atoms with Gasteiger partial charge in [0.1, 0.15) is 11.5 Å². The molecule has 0 N–H and O–H groups in total. The Morgan fingerprint density at radius 3 is 2.30 bits per heavy atom. The molecule has 3 rings (SSSR count). The Bertz CT molecular complexity index is 872. The van der Waals surface area contributed by atoms with Crippen LogP contribution >= 0.6 is 0 Å². The Balaban J connectivity index is 1.83. The topological polar surface area (TPSA) is 55.8 Å². The highest BCUT2D eigenvalue weighted by molar-refractivity contribution is 7.92. The van der Waals surface area contributed by atoms with Crippen LogP contribution < -0.4 is 13.8 Å². The van der Waals surface area contributed by atoms with Crippen molar-refractivity contribution in [1.29, 1.82) is 0 Å². The second-order valence-electron chi connectivity index (χ2n) is 6.82. The zero-order valence-corrected chi connectivity index (χ0v) is 17.0. The highest BCUT2D eigenvalue weighted by Gasteiger charge is 2.24. The molecule has 0 saturated heterocycles. The molecule has 0 bridgehead atoms. The zero-order valence-electron chi connectivity index (χ0n) is 16.1. The number of hydrogen-bond donors (Lipinski definition) is 0. The third-order valence-electron chi connectivity index (χ3n) is 4.97. The lowest BCUT2D eigenvalue weighted by Crippen LogP contribution is -2.30. The van der Waals surface area contributed by atoms with Crippen LogP contribution in [0.25, 0.3) is 0 Å². The molecule has 146 valence electrons. The second kappa shape index (κ2) is 8.21. The van der Waals surface area contributed by atoms with Gasteiger partial charge in [-0.05, 0) is 87.6 Å². The summed E-state index contributed by atoms with van der Waals surface area (Å²) in [6, 6.07) is 12.2. The summed E-state index contributed by atoms with van der Waals surface area (Å²) < 4.78 is 38.9. The van der Waals surface area contributed by atoms with E-state index in [0.29, 0.717) is 18.0 Å². The molecule has 6 heteroatoms. The van der Waals surface area contributed by atoms with Crippen LogP contribution in [0, 0.1) is 6.92 Å². The molecular weight excluding hydrogens is 362 g/mol. The first-order chi connectivity index (χ1) is 13.0. The van der Waals surface area contributed by atoms with E-state index >= 15 is 0 Å². The number of anilines is 1. The molecule has 0 amide bonds. The fourth-order valence-electron chi connectivity index (χ4n) is 3.52. The largest absolute Gasteiger partial charge is 0.496 e. The molecule has 0 heterocycles. The highest BCUT2D eigenvalue weighted by Crippen LogP contribution is 2.29. The summed E-state index contributed by atoms with van der Waals surface area (Å²) in [5.41, 5.74) is 1.42. The van der Waals surface area contributed by atoms with Gasteiger partial charge in [0.05, 0.1) is 23.8 Å². The van der Waals surface area contributed by atoms with Crippen molar-refractivity contribution in [3.8, 4) is 11.5 Å². The molecule has 1 aliphatic carbocycles. The lowest BCUT2D eigenvalue weighted by molar-refractivity contribution is 0.210. The number of aryl methyl sites for hydroxylation is 1. The van der Waals surface area contributed by atoms with E-state index in [1.165, 1.54) is 17.1 Å². The van der Waals surface area contributed by atoms with Crippen molar-refractivity contribution >= 4 is 15.7 Å². The lowest BCUT2D eigenvalue weighted by atomic mass is 10.2. The number of rotatable bonds is 7. The van der Waals surface area contributed by atoms with E-state index in [0.717, 1.165) is 24.2 Å². The van der Waals surface area contributed by atoms with Crippen molar-refractivity contribution in [3.63, 3.8) is 0 Å². The minimum atomic E-state index is -3.65. The molecule has 1 saturated carbocycles. The van der Waals surface area contributed by atoms with E-state index in [-0.39, 0.29) is 11.0 Å². The SMILES string of the molecule is CCN(c1ccc(OC2CCCC2)cc1)S(=O)(=O)c1ccc(OC)c(C)c1. The summed E-state index contributed by atoms with van der Waals surface area (Å²) in [4.78, 5) is 0.258. The molecule has 1 aliphatic rings. The van der Waals surface area contributed by atoms with Crippen molar-refractivity contribution in [2.24, 2.45) is 0 Å². The van der Waals surface area contributed by atoms with E-state index in [1.807, 2.05) is 38.1 Å². The van der Waals surface area contributed by atoms with Gasteiger partial charge in [0.2, 0.25) is 0 Å². The molecule has 0 spiro atoms. The van der Waals surface area contributed by atoms with Gasteiger partial charge in [0.25, 0.3) is 10.0 Å². The Kier molecular flexibility index (Phi) is 5.95. The van der Waals surface area contributed by atoms with Gasteiger partial charge in [-0.1, -0.05) is 0 Å². The maximum atomic E-state index is 13.1. The summed E-state index contributed by atoms with van der Waals surface area (Å²) in [7, 11) is -2.08. The average Bonchev–Trinajstić information content (AvgIpc) is 3.16. The van der Waals surface area contributed by atoms with Crippen molar-refractivity contribution in [2.45, 2.75) is 50.5 Å². The van der Waals surface area contributed by atoms with E-state index in [2.05, 4.69) is 0 Å². The summed E-state index contributed by atoms with van der Waals surface area (Å²) in [5, 5.41) is 0. The second-order valence-corrected chi connectivity index (χ2v) is 8.68. The quantitative estimate of drug-likeness (QED) is 0.698. The molecule has 0 radical (unpaired) electrons. The summed E-state index contributed by atoms with van der Waals surface area (Å²) in [5.74, 6) is 1.46. The number of benzene rings is 2. The van der Waals surface area contributed by atoms with E-state index < -0.39 is 10.0 Å². The Morgan fingerprint density at radius 2 is 1.74 bits per heavy atom. The summed E-state index contributed by atoms with van der Waals surface area (Å²) >= 11 is 0. The fraction of sp³-hybridized carbons (Fsp3) is 0.429. The van der Waals surface area contributed by atoms with Crippen LogP contribution in [-0.2, 0) is 10.0 Å². The number of hydrogen-bond acceptors (Lipinski definition) is 4. The summed E-state index contributed by atoms with van der Waals surface area (Å²) in [6.45, 7) is 4.01. The maximum absolute atomic E-state index is 13.1. The number of methoxy groups -OCH3 is 1. The number of nitrogens with zero attached hydrogens (tertiary/aromatic N) is 1. The van der Waals surface area contributed by atoms with Gasteiger partial charge in [0.15, 0.2) is 0 Å². The first kappa shape index (κ1) is 19.5. The third kappa shape index (κ3) is 4.21. The molecule has 0 aliphatic heterocycles. The van der Waals surface area contributed by atoms with Crippen LogP contribution in [0.15, 0.2) is 47.4 Å². The molecule has 1 fully saturated rings. The first-order valence-corrected chi connectivity index (χ1v) is 10.8. The van der Waals surface area contributed by atoms with Gasteiger partial charge in [-0.3, -0.25) is 4.31 Å². The van der Waals surface area contributed by atoms with Gasteiger partial charge in [-0.25, -0.2) is 8.42 Å². The monoisotopic (exact) mass is 389 g/mol. The predicted octanol–water partition coefficient (Wildman–Crippen LogP) is 4.54. The molecule has 0 aromatic heterocycles. The Hall–Kier alpha value is -2.21. The smallest absolute Gasteiger partial charge is 0.264 e. The lowest BCUT2D eigenvalue weighted by Gasteiger charge is -2.24. The van der Waals surface area contributed by atoms with Crippen molar-refractivity contribution in [2.75, 3.05) is 18.0 Å². The Morgan fingerprint density at radius 1 is 1.07 bits per heavy atom. The zero-order chi connectivity index (χ0) is 19.4. The van der Waals surface area contributed by atoms with Crippen LogP contribution in [0.5, 0.6) is 11.5 Å². The third-order valence-corrected chi connectivity index (χ3v) is 6.87. The fourth-order valence-corrected chi connectivity index (χ4v) is 5.08. The minimum Gasteiger partial charge on any atom is -0.496 e. The maximum Gasteiger partial charge on any atom is 0.264 e. The summed E-state index contributed by atoms with van der Waals surface area (Å²) in [6.07, 6.45) is 4.89. The highest BCUT2D eigenvalue weighted by atomic mass is 32.2. The van der Waals surface area contributed by atoms with E-state index in [1.54, 1.807) is 25.3 Å². The van der Waals surface area contributed by atoms with Crippen LogP contribution in [-0.4, -0.2) is 28.2 Å². The predicted molar refractivity (Wildman–Crippen MR) is 107 cm³/mol. The van der Waals surface area contributed by atoms with Crippen LogP contribution in [0.4, 0.5) is 5.69 Å². The van der Waals surface area contributed by atoms with Crippen LogP contribution in [0.3, 0.4) is 0 Å². The number of sulfonamides is 1. The molecule has 2 aromatic rings. The average molecular weight is 390 g/mol. The van der Waals surface area contributed by atoms with Gasteiger partial charge >= 0.3 is 0 Å². The molecular formula is C21H27NO4S. The van der Waals surface area contributed by atoms with Crippen LogP contribution in [0.1, 0.15) is 38.2 Å². The van der Waals surface area contributed by atoms with Gasteiger partial charge in [-0.15, -0.1) is 0 Å². The van der Waals surface area contributed by atoms with Crippen LogP contribution in [0.2, 0.25) is 0 Å². The molecule has 0 atom stereocenters. The van der Waals surface area contributed by atoms with E-state index in [4.69, 9.17) is 9.47 Å². The van der Waals surface area contributed by atoms with Gasteiger partial charge in [0, 0.05) is 6.54 Å². The molecule has 5 nitrogen and oxygen atoms in total. The molecule has 2 aromatic carbocycles. The normalized spacial score (nSPS) is 14.9. The standard InChI is InChI=1S/C21H27NO4S/c1-4-22(27(23,24)20-13-14-21(25-3)16(2)15-20)17-9-11-19(12-10-17)26-18-7-5-6-8-18/h9-15,18H,4-8H2,1-3H3. The van der Waals surface area contributed by atoms with E-state index in [9.17, 15) is 8.42 Å². The van der Waals surface area contributed by atoms with Crippen molar-refractivity contribution in [3.05, 3.63) is 48.0 Å². The molecule has 27 heavy (non-hydrogen) atoms. The minimum absolute atomic E-state index is 0.258. The van der Waals surface area contributed by atoms with Crippen molar-refractivity contribution in [1.82, 2.24) is 0 Å². The number of ether oxygens (including phenoxy) is 2.